The maximum atomic E-state index is 13.0. The van der Waals surface area contributed by atoms with E-state index in [0.717, 1.165) is 54.4 Å². The molecule has 3 atom stereocenters. The first-order valence-electron chi connectivity index (χ1n) is 15.0. The number of nitrogens with one attached hydrogen (secondary N) is 2. The lowest BCUT2D eigenvalue weighted by molar-refractivity contribution is -0.160. The molecule has 2 aromatic heterocycles. The summed E-state index contributed by atoms with van der Waals surface area (Å²) in [5.41, 5.74) is 3.81. The maximum Gasteiger partial charge on any atom is 0.277 e. The summed E-state index contributed by atoms with van der Waals surface area (Å²) < 4.78 is 22.2. The Morgan fingerprint density at radius 3 is 2.60 bits per heavy atom. The number of aromatic nitrogens is 2. The lowest BCUT2D eigenvalue weighted by Crippen LogP contribution is -2.53. The third-order valence-electron chi connectivity index (χ3n) is 8.27. The third-order valence-corrected chi connectivity index (χ3v) is 8.27. The lowest BCUT2D eigenvalue weighted by Gasteiger charge is -2.47. The van der Waals surface area contributed by atoms with Gasteiger partial charge in [0, 0.05) is 50.6 Å². The molecule has 10 heteroatoms. The average molecular weight is 593 g/mol. The molecule has 3 heterocycles. The second kappa shape index (κ2) is 13.1. The van der Waals surface area contributed by atoms with Crippen molar-refractivity contribution in [1.29, 1.82) is 0 Å². The zero-order valence-corrected chi connectivity index (χ0v) is 25.8. The largest absolute Gasteiger partial charge is 0.471 e. The van der Waals surface area contributed by atoms with E-state index in [1.165, 1.54) is 20.5 Å². The zero-order chi connectivity index (χ0) is 30.6. The van der Waals surface area contributed by atoms with Crippen molar-refractivity contribution >= 4 is 5.91 Å². The minimum absolute atomic E-state index is 0.0403. The number of pyridine rings is 1. The number of ether oxygens (including phenoxy) is 3. The molecular weight excluding hydrogens is 548 g/mol. The van der Waals surface area contributed by atoms with E-state index in [4.69, 9.17) is 23.6 Å². The van der Waals surface area contributed by atoms with E-state index in [9.17, 15) is 9.90 Å². The molecule has 1 aromatic carbocycles. The van der Waals surface area contributed by atoms with Crippen LogP contribution in [0.2, 0.25) is 0 Å². The summed E-state index contributed by atoms with van der Waals surface area (Å²) in [7, 11) is 2.81. The molecule has 0 bridgehead atoms. The van der Waals surface area contributed by atoms with Crippen LogP contribution in [-0.4, -0.2) is 65.8 Å². The molecule has 43 heavy (non-hydrogen) atoms. The predicted octanol–water partition coefficient (Wildman–Crippen LogP) is 4.37. The number of nitrogens with zero attached hydrogens (tertiary/aromatic N) is 2. The van der Waals surface area contributed by atoms with Crippen molar-refractivity contribution in [2.24, 2.45) is 5.41 Å². The normalized spacial score (nSPS) is 18.9. The third kappa shape index (κ3) is 7.62. The van der Waals surface area contributed by atoms with Crippen LogP contribution < -0.4 is 15.4 Å². The maximum absolute atomic E-state index is 13.0. The monoisotopic (exact) mass is 592 g/mol. The molecule has 2 aliphatic rings. The van der Waals surface area contributed by atoms with Crippen molar-refractivity contribution in [2.45, 2.75) is 89.4 Å². The highest BCUT2D eigenvalue weighted by atomic mass is 16.7. The van der Waals surface area contributed by atoms with Gasteiger partial charge in [-0.05, 0) is 66.8 Å². The fourth-order valence-corrected chi connectivity index (χ4v) is 6.05. The summed E-state index contributed by atoms with van der Waals surface area (Å²) in [6.45, 7) is 6.89. The Hall–Kier alpha value is -3.31. The van der Waals surface area contributed by atoms with Gasteiger partial charge >= 0.3 is 0 Å². The topological polar surface area (TPSA) is 128 Å². The van der Waals surface area contributed by atoms with E-state index in [1.54, 1.807) is 6.20 Å². The number of aliphatic hydroxyl groups excluding tert-OH is 1. The van der Waals surface area contributed by atoms with Gasteiger partial charge in [-0.15, -0.1) is 0 Å². The van der Waals surface area contributed by atoms with Gasteiger partial charge in [0.2, 0.25) is 18.1 Å². The minimum Gasteiger partial charge on any atom is -0.471 e. The molecule has 1 fully saturated rings. The number of amides is 1. The van der Waals surface area contributed by atoms with E-state index in [-0.39, 0.29) is 23.6 Å². The van der Waals surface area contributed by atoms with E-state index in [0.29, 0.717) is 18.2 Å². The number of carbonyl (C=O) groups is 1. The van der Waals surface area contributed by atoms with Gasteiger partial charge in [0.1, 0.15) is 11.9 Å². The number of hydrogen-bond acceptors (Lipinski definition) is 9. The second-order valence-corrected chi connectivity index (χ2v) is 13.0. The minimum atomic E-state index is -1.09. The van der Waals surface area contributed by atoms with Crippen LogP contribution in [0, 0.1) is 5.41 Å². The Morgan fingerprint density at radius 1 is 1.16 bits per heavy atom. The van der Waals surface area contributed by atoms with Crippen LogP contribution in [0.15, 0.2) is 53.4 Å². The highest BCUT2D eigenvalue weighted by Gasteiger charge is 2.46. The molecule has 1 aliphatic carbocycles. The van der Waals surface area contributed by atoms with E-state index >= 15 is 0 Å². The van der Waals surface area contributed by atoms with Crippen molar-refractivity contribution in [3.8, 4) is 17.3 Å². The summed E-state index contributed by atoms with van der Waals surface area (Å²) in [6, 6.07) is 9.24. The lowest BCUT2D eigenvalue weighted by atomic mass is 9.73. The fourth-order valence-electron chi connectivity index (χ4n) is 6.05. The van der Waals surface area contributed by atoms with Crippen LogP contribution in [0.4, 0.5) is 0 Å². The average Bonchev–Trinajstić information content (AvgIpc) is 3.50. The Bertz CT molecular complexity index is 1360. The summed E-state index contributed by atoms with van der Waals surface area (Å²) in [5, 5.41) is 18.1. The standard InChI is InChI=1S/C33H44N4O6/c1-32(2,3)17-22-15-24-26(18-33(10-7-11-33)43-30(24)36-19-22)35-20-27(38)25(37-28(39)31(40-4)41-5)16-21-8-6-9-23(14-21)29-34-12-13-42-29/h6,8-9,12-15,19,25-27,31,35,38H,7,10-11,16-18,20H2,1-5H3,(H,37,39)/t25-,26-,27+/m0/s1. The number of methoxy groups -OCH3 is 2. The number of rotatable bonds is 12. The van der Waals surface area contributed by atoms with E-state index in [1.807, 2.05) is 30.5 Å². The Kier molecular flexibility index (Phi) is 9.51. The van der Waals surface area contributed by atoms with Gasteiger partial charge in [0.15, 0.2) is 0 Å². The predicted molar refractivity (Wildman–Crippen MR) is 161 cm³/mol. The molecule has 5 rings (SSSR count). The Balaban J connectivity index is 1.35. The number of aliphatic hydroxyl groups is 1. The van der Waals surface area contributed by atoms with Crippen molar-refractivity contribution in [3.05, 3.63) is 65.7 Å². The second-order valence-electron chi connectivity index (χ2n) is 13.0. The van der Waals surface area contributed by atoms with Gasteiger partial charge in [0.25, 0.3) is 5.91 Å². The van der Waals surface area contributed by atoms with Gasteiger partial charge in [0.05, 0.1) is 18.3 Å². The van der Waals surface area contributed by atoms with Crippen LogP contribution in [0.25, 0.3) is 11.5 Å². The molecule has 1 amide bonds. The summed E-state index contributed by atoms with van der Waals surface area (Å²) in [4.78, 5) is 21.9. The number of fused-ring (bicyclic) bond motifs is 1. The van der Waals surface area contributed by atoms with E-state index in [2.05, 4.69) is 42.5 Å². The quantitative estimate of drug-likeness (QED) is 0.263. The van der Waals surface area contributed by atoms with Crippen molar-refractivity contribution < 1.29 is 28.5 Å². The van der Waals surface area contributed by atoms with Crippen LogP contribution in [0.1, 0.15) is 69.2 Å². The molecule has 0 radical (unpaired) electrons. The molecule has 0 saturated heterocycles. The van der Waals surface area contributed by atoms with Gasteiger partial charge in [-0.2, -0.15) is 0 Å². The van der Waals surface area contributed by atoms with Crippen molar-refractivity contribution in [3.63, 3.8) is 0 Å². The highest BCUT2D eigenvalue weighted by Crippen LogP contribution is 2.48. The summed E-state index contributed by atoms with van der Waals surface area (Å²) in [5.74, 6) is 0.719. The summed E-state index contributed by atoms with van der Waals surface area (Å²) in [6.07, 6.45) is 8.23. The first-order chi connectivity index (χ1) is 20.6. The molecule has 1 aliphatic heterocycles. The Labute approximate surface area is 253 Å². The molecule has 1 spiro atoms. The Morgan fingerprint density at radius 2 is 1.95 bits per heavy atom. The van der Waals surface area contributed by atoms with Crippen molar-refractivity contribution in [2.75, 3.05) is 20.8 Å². The van der Waals surface area contributed by atoms with Crippen LogP contribution in [-0.2, 0) is 27.1 Å². The first-order valence-corrected chi connectivity index (χ1v) is 15.0. The molecule has 0 unspecified atom stereocenters. The van der Waals surface area contributed by atoms with Gasteiger partial charge in [-0.1, -0.05) is 32.9 Å². The number of oxazole rings is 1. The van der Waals surface area contributed by atoms with E-state index < -0.39 is 24.3 Å². The zero-order valence-electron chi connectivity index (χ0n) is 25.8. The van der Waals surface area contributed by atoms with Gasteiger partial charge < -0.3 is 34.4 Å². The molecule has 232 valence electrons. The van der Waals surface area contributed by atoms with Crippen LogP contribution in [0.5, 0.6) is 5.88 Å². The number of hydrogen-bond donors (Lipinski definition) is 3. The van der Waals surface area contributed by atoms with Crippen LogP contribution >= 0.6 is 0 Å². The summed E-state index contributed by atoms with van der Waals surface area (Å²) >= 11 is 0. The van der Waals surface area contributed by atoms with Gasteiger partial charge in [-0.3, -0.25) is 4.79 Å². The number of carbonyl (C=O) groups excluding carboxylic acids is 1. The molecular formula is C33H44N4O6. The van der Waals surface area contributed by atoms with Gasteiger partial charge in [-0.25, -0.2) is 9.97 Å². The molecule has 1 saturated carbocycles. The molecule has 10 nitrogen and oxygen atoms in total. The smallest absolute Gasteiger partial charge is 0.277 e. The number of benzene rings is 1. The highest BCUT2D eigenvalue weighted by molar-refractivity contribution is 5.79. The first kappa shape index (κ1) is 31.1. The molecule has 3 N–H and O–H groups in total. The fraction of sp³-hybridized carbons (Fsp3) is 0.545. The molecule has 3 aromatic rings. The van der Waals surface area contributed by atoms with Crippen molar-refractivity contribution in [1.82, 2.24) is 20.6 Å². The van der Waals surface area contributed by atoms with Crippen LogP contribution in [0.3, 0.4) is 0 Å². The SMILES string of the molecule is COC(OC)C(=O)N[C@@H](Cc1cccc(-c2ncco2)c1)[C@H](O)CN[C@H]1CC2(CCC2)Oc2ncc(CC(C)(C)C)cc21.